The molecular weight excluding hydrogens is 315 g/mol. The van der Waals surface area contributed by atoms with Gasteiger partial charge in [0.25, 0.3) is 0 Å². The average molecular weight is 336 g/mol. The van der Waals surface area contributed by atoms with Gasteiger partial charge in [0.15, 0.2) is 0 Å². The highest BCUT2D eigenvalue weighted by Gasteiger charge is 2.27. The molecule has 1 aromatic heterocycles. The number of benzene rings is 2. The van der Waals surface area contributed by atoms with E-state index in [2.05, 4.69) is 22.4 Å². The van der Waals surface area contributed by atoms with Crippen molar-refractivity contribution in [2.45, 2.75) is 32.7 Å². The molecule has 1 unspecified atom stereocenters. The third-order valence-corrected chi connectivity index (χ3v) is 5.11. The third-order valence-electron chi connectivity index (χ3n) is 5.11. The van der Waals surface area contributed by atoms with Gasteiger partial charge in [0.1, 0.15) is 5.82 Å². The van der Waals surface area contributed by atoms with Crippen molar-refractivity contribution < 1.29 is 9.18 Å². The Morgan fingerprint density at radius 1 is 1.24 bits per heavy atom. The van der Waals surface area contributed by atoms with Crippen molar-refractivity contribution in [1.82, 2.24) is 10.3 Å². The Morgan fingerprint density at radius 3 is 2.84 bits per heavy atom. The zero-order valence-electron chi connectivity index (χ0n) is 14.2. The van der Waals surface area contributed by atoms with Gasteiger partial charge >= 0.3 is 0 Å². The van der Waals surface area contributed by atoms with Crippen LogP contribution in [0.1, 0.15) is 28.8 Å². The van der Waals surface area contributed by atoms with Crippen molar-refractivity contribution in [3.05, 3.63) is 70.7 Å². The lowest BCUT2D eigenvalue weighted by Gasteiger charge is -2.22. The summed E-state index contributed by atoms with van der Waals surface area (Å²) in [6.45, 7) is 2.59. The number of amides is 1. The van der Waals surface area contributed by atoms with E-state index in [4.69, 9.17) is 0 Å². The van der Waals surface area contributed by atoms with E-state index in [0.717, 1.165) is 40.6 Å². The van der Waals surface area contributed by atoms with Crippen LogP contribution in [0.4, 0.5) is 4.39 Å². The molecule has 0 fully saturated rings. The molecule has 2 N–H and O–H groups in total. The predicted octanol–water partition coefficient (Wildman–Crippen LogP) is 4.04. The van der Waals surface area contributed by atoms with Crippen molar-refractivity contribution >= 4 is 16.8 Å². The van der Waals surface area contributed by atoms with Gasteiger partial charge in [0, 0.05) is 29.1 Å². The molecule has 3 aromatic rings. The minimum absolute atomic E-state index is 0.0554. The van der Waals surface area contributed by atoms with Crippen LogP contribution < -0.4 is 5.32 Å². The standard InChI is InChI=1S/C21H21FN2O/c1-13-2-4-14(5-3-13)12-23-21(25)15-6-8-19-17(10-15)18-11-16(22)7-9-20(18)24-19/h2-5,7,9,11,15,24H,6,8,10,12H2,1H3,(H,23,25). The minimum Gasteiger partial charge on any atom is -0.358 e. The molecule has 0 saturated carbocycles. The fourth-order valence-corrected chi connectivity index (χ4v) is 3.65. The zero-order chi connectivity index (χ0) is 17.4. The number of rotatable bonds is 3. The van der Waals surface area contributed by atoms with E-state index in [1.807, 2.05) is 19.1 Å². The summed E-state index contributed by atoms with van der Waals surface area (Å²) in [6.07, 6.45) is 2.31. The maximum Gasteiger partial charge on any atom is 0.223 e. The van der Waals surface area contributed by atoms with Gasteiger partial charge < -0.3 is 10.3 Å². The van der Waals surface area contributed by atoms with Crippen LogP contribution in [0, 0.1) is 18.7 Å². The number of fused-ring (bicyclic) bond motifs is 3. The molecule has 1 heterocycles. The number of carbonyl (C=O) groups excluding carboxylic acids is 1. The first-order valence-electron chi connectivity index (χ1n) is 8.72. The summed E-state index contributed by atoms with van der Waals surface area (Å²) in [4.78, 5) is 15.9. The fourth-order valence-electron chi connectivity index (χ4n) is 3.65. The number of carbonyl (C=O) groups is 1. The highest BCUT2D eigenvalue weighted by Crippen LogP contribution is 2.32. The van der Waals surface area contributed by atoms with Crippen LogP contribution in [0.2, 0.25) is 0 Å². The van der Waals surface area contributed by atoms with E-state index in [-0.39, 0.29) is 17.6 Å². The number of aryl methyl sites for hydroxylation is 2. The lowest BCUT2D eigenvalue weighted by molar-refractivity contribution is -0.125. The number of hydrogen-bond donors (Lipinski definition) is 2. The van der Waals surface area contributed by atoms with Gasteiger partial charge in [-0.05, 0) is 55.5 Å². The molecule has 128 valence electrons. The number of halogens is 1. The number of hydrogen-bond acceptors (Lipinski definition) is 1. The van der Waals surface area contributed by atoms with E-state index >= 15 is 0 Å². The van der Waals surface area contributed by atoms with Crippen LogP contribution in [0.15, 0.2) is 42.5 Å². The molecular formula is C21H21FN2O. The van der Waals surface area contributed by atoms with Crippen LogP contribution in [0.25, 0.3) is 10.9 Å². The summed E-state index contributed by atoms with van der Waals surface area (Å²) in [6, 6.07) is 13.0. The quantitative estimate of drug-likeness (QED) is 0.745. The molecule has 0 radical (unpaired) electrons. The van der Waals surface area contributed by atoms with Gasteiger partial charge in [-0.25, -0.2) is 4.39 Å². The molecule has 25 heavy (non-hydrogen) atoms. The Labute approximate surface area is 146 Å². The third kappa shape index (κ3) is 3.16. The number of nitrogens with one attached hydrogen (secondary N) is 2. The SMILES string of the molecule is Cc1ccc(CNC(=O)C2CCc3[nH]c4ccc(F)cc4c3C2)cc1. The molecule has 4 heteroatoms. The summed E-state index contributed by atoms with van der Waals surface area (Å²) < 4.78 is 13.6. The highest BCUT2D eigenvalue weighted by molar-refractivity contribution is 5.87. The van der Waals surface area contributed by atoms with Gasteiger partial charge in [0.05, 0.1) is 0 Å². The normalized spacial score (nSPS) is 16.6. The second-order valence-electron chi connectivity index (χ2n) is 6.92. The lowest BCUT2D eigenvalue weighted by atomic mass is 9.85. The fraction of sp³-hybridized carbons (Fsp3) is 0.286. The first-order valence-corrected chi connectivity index (χ1v) is 8.72. The molecule has 2 aromatic carbocycles. The highest BCUT2D eigenvalue weighted by atomic mass is 19.1. The first kappa shape index (κ1) is 15.9. The lowest BCUT2D eigenvalue weighted by Crippen LogP contribution is -2.33. The Bertz CT molecular complexity index is 927. The first-order chi connectivity index (χ1) is 12.1. The number of aromatic amines is 1. The van der Waals surface area contributed by atoms with Crippen molar-refractivity contribution in [3.63, 3.8) is 0 Å². The number of aromatic nitrogens is 1. The molecule has 1 aliphatic rings. The molecule has 1 amide bonds. The summed E-state index contributed by atoms with van der Waals surface area (Å²) in [5.41, 5.74) is 5.50. The zero-order valence-corrected chi connectivity index (χ0v) is 14.2. The molecule has 3 nitrogen and oxygen atoms in total. The van der Waals surface area contributed by atoms with Gasteiger partial charge in [-0.2, -0.15) is 0 Å². The van der Waals surface area contributed by atoms with E-state index < -0.39 is 0 Å². The van der Waals surface area contributed by atoms with Crippen molar-refractivity contribution in [3.8, 4) is 0 Å². The van der Waals surface area contributed by atoms with Gasteiger partial charge in [0.2, 0.25) is 5.91 Å². The van der Waals surface area contributed by atoms with Crippen LogP contribution in [0.5, 0.6) is 0 Å². The summed E-state index contributed by atoms with van der Waals surface area (Å²) >= 11 is 0. The van der Waals surface area contributed by atoms with Crippen LogP contribution in [-0.4, -0.2) is 10.9 Å². The van der Waals surface area contributed by atoms with Crippen molar-refractivity contribution in [2.75, 3.05) is 0 Å². The predicted molar refractivity (Wildman–Crippen MR) is 96.8 cm³/mol. The second-order valence-corrected chi connectivity index (χ2v) is 6.92. The Kier molecular flexibility index (Phi) is 4.04. The average Bonchev–Trinajstić information content (AvgIpc) is 2.98. The molecule has 0 bridgehead atoms. The molecule has 4 rings (SSSR count). The second kappa shape index (κ2) is 6.36. The van der Waals surface area contributed by atoms with Crippen LogP contribution in [-0.2, 0) is 24.2 Å². The smallest absolute Gasteiger partial charge is 0.223 e. The summed E-state index contributed by atoms with van der Waals surface area (Å²) in [5, 5.41) is 3.96. The van der Waals surface area contributed by atoms with Crippen molar-refractivity contribution in [1.29, 1.82) is 0 Å². The van der Waals surface area contributed by atoms with Crippen LogP contribution in [0.3, 0.4) is 0 Å². The van der Waals surface area contributed by atoms with Gasteiger partial charge in [-0.15, -0.1) is 0 Å². The molecule has 0 aliphatic heterocycles. The molecule has 0 saturated heterocycles. The van der Waals surface area contributed by atoms with E-state index in [9.17, 15) is 9.18 Å². The summed E-state index contributed by atoms with van der Waals surface area (Å²) in [7, 11) is 0. The van der Waals surface area contributed by atoms with E-state index in [1.54, 1.807) is 12.1 Å². The maximum absolute atomic E-state index is 13.6. The van der Waals surface area contributed by atoms with Gasteiger partial charge in [-0.1, -0.05) is 29.8 Å². The van der Waals surface area contributed by atoms with Crippen molar-refractivity contribution in [2.24, 2.45) is 5.92 Å². The van der Waals surface area contributed by atoms with E-state index in [1.165, 1.54) is 11.6 Å². The topological polar surface area (TPSA) is 44.9 Å². The summed E-state index contributed by atoms with van der Waals surface area (Å²) in [5.74, 6) is -0.211. The Balaban J connectivity index is 1.47. The Morgan fingerprint density at radius 2 is 2.04 bits per heavy atom. The molecule has 0 spiro atoms. The molecule has 1 aliphatic carbocycles. The minimum atomic E-state index is -0.236. The van der Waals surface area contributed by atoms with Gasteiger partial charge in [-0.3, -0.25) is 4.79 Å². The largest absolute Gasteiger partial charge is 0.358 e. The van der Waals surface area contributed by atoms with Crippen LogP contribution >= 0.6 is 0 Å². The number of H-pyrrole nitrogens is 1. The monoisotopic (exact) mass is 336 g/mol. The maximum atomic E-state index is 13.6. The van der Waals surface area contributed by atoms with E-state index in [0.29, 0.717) is 13.0 Å². The Hall–Kier alpha value is -2.62. The molecule has 1 atom stereocenters.